The van der Waals surface area contributed by atoms with E-state index in [4.69, 9.17) is 4.74 Å². The molecular formula is C18H22N2O4. The standard InChI is InChI=1S/C18H22N2O4/c21-11-16-15(20-18(23)12-6-7-12)9-8-14(24-16)10-17(22)19-13-4-2-1-3-5-13/h1-5,8-9,12,14-16,21H,6-7,10-11H2,(H,19,22)(H,20,23)/t14-,15-,16-/m1/s1. The van der Waals surface area contributed by atoms with Crippen LogP contribution >= 0.6 is 0 Å². The van der Waals surface area contributed by atoms with Gasteiger partial charge in [0.15, 0.2) is 0 Å². The molecule has 6 nitrogen and oxygen atoms in total. The third kappa shape index (κ3) is 4.43. The lowest BCUT2D eigenvalue weighted by molar-refractivity contribution is -0.126. The Morgan fingerprint density at radius 1 is 1.17 bits per heavy atom. The maximum atomic E-state index is 12.1. The topological polar surface area (TPSA) is 87.7 Å². The van der Waals surface area contributed by atoms with Crippen LogP contribution in [0.25, 0.3) is 0 Å². The van der Waals surface area contributed by atoms with E-state index in [0.717, 1.165) is 18.5 Å². The van der Waals surface area contributed by atoms with Crippen molar-refractivity contribution in [1.29, 1.82) is 0 Å². The van der Waals surface area contributed by atoms with Gasteiger partial charge in [0.2, 0.25) is 11.8 Å². The van der Waals surface area contributed by atoms with Crippen LogP contribution in [0.3, 0.4) is 0 Å². The van der Waals surface area contributed by atoms with Crippen LogP contribution in [0.5, 0.6) is 0 Å². The summed E-state index contributed by atoms with van der Waals surface area (Å²) in [4.78, 5) is 23.9. The van der Waals surface area contributed by atoms with Crippen molar-refractivity contribution in [3.05, 3.63) is 42.5 Å². The van der Waals surface area contributed by atoms with Gasteiger partial charge >= 0.3 is 0 Å². The number of amides is 2. The van der Waals surface area contributed by atoms with Crippen LogP contribution in [0.2, 0.25) is 0 Å². The summed E-state index contributed by atoms with van der Waals surface area (Å²) in [6.07, 6.45) is 4.64. The van der Waals surface area contributed by atoms with Crippen LogP contribution in [-0.4, -0.2) is 41.8 Å². The first-order valence-corrected chi connectivity index (χ1v) is 8.25. The van der Waals surface area contributed by atoms with Crippen molar-refractivity contribution in [2.75, 3.05) is 11.9 Å². The lowest BCUT2D eigenvalue weighted by Crippen LogP contribution is -2.49. The minimum Gasteiger partial charge on any atom is -0.394 e. The van der Waals surface area contributed by atoms with E-state index in [0.29, 0.717) is 0 Å². The second-order valence-electron chi connectivity index (χ2n) is 6.21. The van der Waals surface area contributed by atoms with Crippen LogP contribution in [0.15, 0.2) is 42.5 Å². The summed E-state index contributed by atoms with van der Waals surface area (Å²) in [5.41, 5.74) is 0.732. The first-order valence-electron chi connectivity index (χ1n) is 8.25. The number of hydrogen-bond donors (Lipinski definition) is 3. The van der Waals surface area contributed by atoms with E-state index in [1.165, 1.54) is 0 Å². The number of ether oxygens (including phenoxy) is 1. The van der Waals surface area contributed by atoms with Crippen molar-refractivity contribution >= 4 is 17.5 Å². The highest BCUT2D eigenvalue weighted by Gasteiger charge is 2.34. The van der Waals surface area contributed by atoms with Gasteiger partial charge in [0.25, 0.3) is 0 Å². The number of carbonyl (C=O) groups is 2. The number of carbonyl (C=O) groups excluding carboxylic acids is 2. The molecule has 0 unspecified atom stereocenters. The smallest absolute Gasteiger partial charge is 0.227 e. The van der Waals surface area contributed by atoms with Crippen molar-refractivity contribution in [2.45, 2.75) is 37.5 Å². The molecule has 1 fully saturated rings. The monoisotopic (exact) mass is 330 g/mol. The van der Waals surface area contributed by atoms with Gasteiger partial charge in [-0.05, 0) is 25.0 Å². The normalized spacial score (nSPS) is 26.0. The molecule has 0 aromatic heterocycles. The van der Waals surface area contributed by atoms with Crippen molar-refractivity contribution in [3.63, 3.8) is 0 Å². The van der Waals surface area contributed by atoms with Crippen molar-refractivity contribution in [2.24, 2.45) is 5.92 Å². The van der Waals surface area contributed by atoms with Gasteiger partial charge < -0.3 is 20.5 Å². The molecule has 2 amide bonds. The third-order valence-electron chi connectivity index (χ3n) is 4.16. The number of anilines is 1. The van der Waals surface area contributed by atoms with Gasteiger partial charge in [0, 0.05) is 11.6 Å². The van der Waals surface area contributed by atoms with Gasteiger partial charge in [0.05, 0.1) is 25.2 Å². The minimum atomic E-state index is -0.535. The Balaban J connectivity index is 1.53. The molecule has 1 aromatic carbocycles. The summed E-state index contributed by atoms with van der Waals surface area (Å²) in [5, 5.41) is 15.2. The highest BCUT2D eigenvalue weighted by molar-refractivity contribution is 5.91. The maximum absolute atomic E-state index is 12.1. The molecule has 1 aromatic rings. The van der Waals surface area contributed by atoms with Gasteiger partial charge in [-0.2, -0.15) is 0 Å². The molecule has 0 radical (unpaired) electrons. The van der Waals surface area contributed by atoms with Gasteiger partial charge in [-0.15, -0.1) is 0 Å². The maximum Gasteiger partial charge on any atom is 0.227 e. The summed E-state index contributed by atoms with van der Waals surface area (Å²) in [6, 6.07) is 8.86. The zero-order chi connectivity index (χ0) is 16.9. The molecular weight excluding hydrogens is 308 g/mol. The number of aliphatic hydroxyl groups is 1. The fourth-order valence-electron chi connectivity index (χ4n) is 2.68. The first-order chi connectivity index (χ1) is 11.7. The van der Waals surface area contributed by atoms with E-state index >= 15 is 0 Å². The molecule has 1 heterocycles. The lowest BCUT2D eigenvalue weighted by atomic mass is 10.0. The second kappa shape index (κ2) is 7.59. The quantitative estimate of drug-likeness (QED) is 0.685. The Hall–Kier alpha value is -2.18. The van der Waals surface area contributed by atoms with E-state index in [1.54, 1.807) is 6.08 Å². The Labute approximate surface area is 140 Å². The van der Waals surface area contributed by atoms with Crippen molar-refractivity contribution < 1.29 is 19.4 Å². The van der Waals surface area contributed by atoms with Crippen LogP contribution in [0.1, 0.15) is 19.3 Å². The Kier molecular flexibility index (Phi) is 5.27. The number of aliphatic hydroxyl groups excluding tert-OH is 1. The average Bonchev–Trinajstić information content (AvgIpc) is 3.42. The first kappa shape index (κ1) is 16.7. The van der Waals surface area contributed by atoms with E-state index in [1.807, 2.05) is 36.4 Å². The van der Waals surface area contributed by atoms with E-state index < -0.39 is 12.2 Å². The predicted octanol–water partition coefficient (Wildman–Crippen LogP) is 1.23. The Bertz CT molecular complexity index is 613. The summed E-state index contributed by atoms with van der Waals surface area (Å²) in [5.74, 6) is -0.0490. The van der Waals surface area contributed by atoms with Crippen LogP contribution in [0.4, 0.5) is 5.69 Å². The number of rotatable bonds is 6. The largest absolute Gasteiger partial charge is 0.394 e. The molecule has 2 aliphatic rings. The van der Waals surface area contributed by atoms with Gasteiger partial charge in [0.1, 0.15) is 6.10 Å². The molecule has 1 aliphatic carbocycles. The second-order valence-corrected chi connectivity index (χ2v) is 6.21. The molecule has 6 heteroatoms. The number of hydrogen-bond acceptors (Lipinski definition) is 4. The molecule has 3 atom stereocenters. The summed E-state index contributed by atoms with van der Waals surface area (Å²) < 4.78 is 5.75. The van der Waals surface area contributed by atoms with Crippen molar-refractivity contribution in [3.8, 4) is 0 Å². The van der Waals surface area contributed by atoms with E-state index in [-0.39, 0.29) is 36.8 Å². The zero-order valence-electron chi connectivity index (χ0n) is 13.4. The predicted molar refractivity (Wildman–Crippen MR) is 89.2 cm³/mol. The summed E-state index contributed by atoms with van der Waals surface area (Å²) in [7, 11) is 0. The molecule has 128 valence electrons. The van der Waals surface area contributed by atoms with Crippen LogP contribution < -0.4 is 10.6 Å². The summed E-state index contributed by atoms with van der Waals surface area (Å²) >= 11 is 0. The molecule has 1 aliphatic heterocycles. The van der Waals surface area contributed by atoms with Crippen LogP contribution in [0, 0.1) is 5.92 Å². The lowest BCUT2D eigenvalue weighted by Gasteiger charge is -2.31. The average molecular weight is 330 g/mol. The van der Waals surface area contributed by atoms with Gasteiger partial charge in [-0.25, -0.2) is 0 Å². The number of para-hydroxylation sites is 1. The molecule has 24 heavy (non-hydrogen) atoms. The molecule has 3 rings (SSSR count). The molecule has 0 spiro atoms. The van der Waals surface area contributed by atoms with Gasteiger partial charge in [-0.3, -0.25) is 9.59 Å². The fraction of sp³-hybridized carbons (Fsp3) is 0.444. The van der Waals surface area contributed by atoms with Gasteiger partial charge in [-0.1, -0.05) is 30.4 Å². The molecule has 3 N–H and O–H groups in total. The Morgan fingerprint density at radius 3 is 2.58 bits per heavy atom. The number of benzene rings is 1. The summed E-state index contributed by atoms with van der Waals surface area (Å²) in [6.45, 7) is -0.212. The fourth-order valence-corrected chi connectivity index (χ4v) is 2.68. The molecule has 0 saturated heterocycles. The van der Waals surface area contributed by atoms with E-state index in [9.17, 15) is 14.7 Å². The van der Waals surface area contributed by atoms with Crippen LogP contribution in [-0.2, 0) is 14.3 Å². The highest BCUT2D eigenvalue weighted by Crippen LogP contribution is 2.29. The van der Waals surface area contributed by atoms with Crippen molar-refractivity contribution in [1.82, 2.24) is 5.32 Å². The Morgan fingerprint density at radius 2 is 1.92 bits per heavy atom. The zero-order valence-corrected chi connectivity index (χ0v) is 13.4. The molecule has 1 saturated carbocycles. The third-order valence-corrected chi connectivity index (χ3v) is 4.16. The molecule has 0 bridgehead atoms. The SMILES string of the molecule is O=C(C[C@H]1C=C[C@@H](NC(=O)C2CC2)[C@@H](CO)O1)Nc1ccccc1. The minimum absolute atomic E-state index is 0.00645. The number of nitrogens with one attached hydrogen (secondary N) is 2. The highest BCUT2D eigenvalue weighted by atomic mass is 16.5. The van der Waals surface area contributed by atoms with E-state index in [2.05, 4.69) is 10.6 Å².